The van der Waals surface area contributed by atoms with Crippen LogP contribution < -0.4 is 0 Å². The van der Waals surface area contributed by atoms with E-state index in [1.165, 1.54) is 31.8 Å². The van der Waals surface area contributed by atoms with Gasteiger partial charge in [-0.05, 0) is 55.2 Å². The molecular weight excluding hydrogens is 488 g/mol. The van der Waals surface area contributed by atoms with E-state index in [1.807, 2.05) is 6.92 Å². The van der Waals surface area contributed by atoms with E-state index in [0.29, 0.717) is 24.8 Å². The molecule has 10 heteroatoms. The number of carbonyl (C=O) groups excluding carboxylic acids is 3. The van der Waals surface area contributed by atoms with Crippen molar-refractivity contribution >= 4 is 27.8 Å². The predicted molar refractivity (Wildman–Crippen MR) is 124 cm³/mol. The molecule has 0 N–H and O–H groups in total. The summed E-state index contributed by atoms with van der Waals surface area (Å²) in [6.45, 7) is 1.86. The molecule has 0 radical (unpaired) electrons. The lowest BCUT2D eigenvalue weighted by Gasteiger charge is -2.56. The number of hydrogen-bond donors (Lipinski definition) is 0. The Kier molecular flexibility index (Phi) is 6.28. The number of fused-ring (bicyclic) bond motifs is 3. The molecule has 0 amide bonds. The van der Waals surface area contributed by atoms with Crippen LogP contribution >= 0.6 is 0 Å². The number of hydrogen-bond acceptors (Lipinski definition) is 9. The van der Waals surface area contributed by atoms with Gasteiger partial charge in [-0.3, -0.25) is 18.6 Å². The number of cyclic esters (lactones) is 1. The second-order valence-electron chi connectivity index (χ2n) is 10.1. The van der Waals surface area contributed by atoms with Crippen molar-refractivity contribution in [2.45, 2.75) is 49.7 Å². The van der Waals surface area contributed by atoms with Crippen molar-refractivity contribution in [2.24, 2.45) is 29.1 Å². The van der Waals surface area contributed by atoms with Crippen molar-refractivity contribution in [1.29, 1.82) is 0 Å². The number of benzene rings is 1. The lowest BCUT2D eigenvalue weighted by molar-refractivity contribution is -0.189. The molecule has 3 aliphatic rings. The molecule has 192 valence electrons. The highest BCUT2D eigenvalue weighted by molar-refractivity contribution is 7.86. The van der Waals surface area contributed by atoms with Crippen molar-refractivity contribution in [3.63, 3.8) is 0 Å². The molecule has 9 nitrogen and oxygen atoms in total. The van der Waals surface area contributed by atoms with E-state index in [4.69, 9.17) is 18.1 Å². The molecule has 2 saturated carbocycles. The quantitative estimate of drug-likeness (QED) is 0.434. The van der Waals surface area contributed by atoms with E-state index in [1.54, 1.807) is 24.3 Å². The molecule has 0 unspecified atom stereocenters. The molecule has 2 aliphatic carbocycles. The van der Waals surface area contributed by atoms with Gasteiger partial charge in [0.1, 0.15) is 12.2 Å². The Morgan fingerprint density at radius 1 is 1.11 bits per heavy atom. The Hall–Kier alpha value is -2.98. The Bertz CT molecular complexity index is 1250. The third-order valence-corrected chi connectivity index (χ3v) is 9.58. The average molecular weight is 517 g/mol. The lowest BCUT2D eigenvalue weighted by atomic mass is 9.48. The number of esters is 2. The molecule has 2 aromatic rings. The minimum atomic E-state index is -4.27. The van der Waals surface area contributed by atoms with E-state index in [2.05, 4.69) is 0 Å². The van der Waals surface area contributed by atoms with Crippen LogP contribution in [0.25, 0.3) is 0 Å². The summed E-state index contributed by atoms with van der Waals surface area (Å²) in [5, 5.41) is 0. The van der Waals surface area contributed by atoms with Crippen LogP contribution in [0.3, 0.4) is 0 Å². The molecule has 1 aliphatic heterocycles. The molecule has 2 heterocycles. The van der Waals surface area contributed by atoms with Gasteiger partial charge < -0.3 is 13.9 Å². The van der Waals surface area contributed by atoms with Crippen molar-refractivity contribution in [2.75, 3.05) is 7.11 Å². The van der Waals surface area contributed by atoms with Gasteiger partial charge in [0.2, 0.25) is 0 Å². The van der Waals surface area contributed by atoms with Gasteiger partial charge in [0.25, 0.3) is 10.1 Å². The summed E-state index contributed by atoms with van der Waals surface area (Å²) in [5.74, 6) is -3.87. The van der Waals surface area contributed by atoms with Gasteiger partial charge in [-0.25, -0.2) is 0 Å². The second kappa shape index (κ2) is 9.15. The fourth-order valence-electron chi connectivity index (χ4n) is 6.45. The summed E-state index contributed by atoms with van der Waals surface area (Å²) < 4.78 is 47.4. The SMILES string of the molecule is COC(=O)[C@@H]1C[C@H](OS(=O)(=O)c2ccccc2)C(=O)[C@@H]2[C@H]3C[C@@H](c4ccoc4)OC(=O)[C@@H]3CC[C@]21C. The molecule has 1 aromatic heterocycles. The smallest absolute Gasteiger partial charge is 0.309 e. The zero-order valence-corrected chi connectivity index (χ0v) is 20.8. The molecule has 7 atom stereocenters. The number of rotatable bonds is 5. The van der Waals surface area contributed by atoms with E-state index in [-0.39, 0.29) is 11.3 Å². The van der Waals surface area contributed by atoms with Crippen LogP contribution in [-0.4, -0.2) is 39.4 Å². The van der Waals surface area contributed by atoms with Crippen LogP contribution in [-0.2, 0) is 38.2 Å². The van der Waals surface area contributed by atoms with E-state index < -0.39 is 69.1 Å². The topological polar surface area (TPSA) is 126 Å². The minimum Gasteiger partial charge on any atom is -0.472 e. The van der Waals surface area contributed by atoms with Gasteiger partial charge >= 0.3 is 11.9 Å². The molecule has 3 fully saturated rings. The fourth-order valence-corrected chi connectivity index (χ4v) is 7.53. The van der Waals surface area contributed by atoms with Crippen LogP contribution in [0.1, 0.15) is 44.3 Å². The van der Waals surface area contributed by atoms with E-state index >= 15 is 0 Å². The highest BCUT2D eigenvalue weighted by atomic mass is 32.2. The van der Waals surface area contributed by atoms with E-state index in [0.717, 1.165) is 0 Å². The second-order valence-corrected chi connectivity index (χ2v) is 11.6. The number of ether oxygens (including phenoxy) is 2. The minimum absolute atomic E-state index is 0.0801. The van der Waals surface area contributed by atoms with Crippen molar-refractivity contribution < 1.29 is 40.9 Å². The highest BCUT2D eigenvalue weighted by Gasteiger charge is 2.63. The van der Waals surface area contributed by atoms with Gasteiger partial charge in [-0.1, -0.05) is 25.1 Å². The summed E-state index contributed by atoms with van der Waals surface area (Å²) in [6, 6.07) is 9.26. The summed E-state index contributed by atoms with van der Waals surface area (Å²) in [5.41, 5.74) is -0.137. The monoisotopic (exact) mass is 516 g/mol. The molecular formula is C26H28O9S. The maximum absolute atomic E-state index is 14.0. The molecule has 0 spiro atoms. The Morgan fingerprint density at radius 2 is 1.86 bits per heavy atom. The summed E-state index contributed by atoms with van der Waals surface area (Å²) in [6.07, 6.45) is 2.14. The van der Waals surface area contributed by atoms with Gasteiger partial charge in [0.15, 0.2) is 5.78 Å². The van der Waals surface area contributed by atoms with Crippen molar-refractivity contribution in [3.05, 3.63) is 54.5 Å². The zero-order valence-electron chi connectivity index (χ0n) is 20.0. The van der Waals surface area contributed by atoms with Gasteiger partial charge in [0.05, 0.1) is 36.4 Å². The Morgan fingerprint density at radius 3 is 2.53 bits per heavy atom. The number of methoxy groups -OCH3 is 1. The normalized spacial score (nSPS) is 34.3. The number of furan rings is 1. The van der Waals surface area contributed by atoms with Crippen LogP contribution in [0, 0.1) is 29.1 Å². The number of Topliss-reactive ketones (excluding diaryl/α,β-unsaturated/α-hetero) is 1. The molecule has 1 saturated heterocycles. The largest absolute Gasteiger partial charge is 0.472 e. The highest BCUT2D eigenvalue weighted by Crippen LogP contribution is 2.59. The van der Waals surface area contributed by atoms with Gasteiger partial charge in [0, 0.05) is 11.5 Å². The van der Waals surface area contributed by atoms with Gasteiger partial charge in [-0.15, -0.1) is 0 Å². The summed E-state index contributed by atoms with van der Waals surface area (Å²) in [7, 11) is -3.00. The maximum atomic E-state index is 14.0. The maximum Gasteiger partial charge on any atom is 0.309 e. The van der Waals surface area contributed by atoms with E-state index in [9.17, 15) is 22.8 Å². The lowest BCUT2D eigenvalue weighted by Crippen LogP contribution is -2.61. The molecule has 0 bridgehead atoms. The first kappa shape index (κ1) is 24.7. The first-order chi connectivity index (χ1) is 17.2. The summed E-state index contributed by atoms with van der Waals surface area (Å²) >= 11 is 0. The third-order valence-electron chi connectivity index (χ3n) is 8.24. The molecule has 36 heavy (non-hydrogen) atoms. The van der Waals surface area contributed by atoms with Crippen LogP contribution in [0.5, 0.6) is 0 Å². The molecule has 5 rings (SSSR count). The Balaban J connectivity index is 1.52. The van der Waals surface area contributed by atoms with Gasteiger partial charge in [-0.2, -0.15) is 8.42 Å². The standard InChI is InChI=1S/C26H28O9S/c1-26-10-8-17-18(12-20(34-24(17)28)15-9-11-33-14-15)22(26)23(27)21(13-19(26)25(29)32-2)35-36(30,31)16-6-4-3-5-7-16/h3-7,9,11,14,17-22H,8,10,12-13H2,1-2H3/t17-,18+,19+,20+,21+,22+,26+/m1/s1. The third kappa shape index (κ3) is 4.06. The number of carbonyl (C=O) groups is 3. The molecule has 1 aromatic carbocycles. The Labute approximate surface area is 209 Å². The average Bonchev–Trinajstić information content (AvgIpc) is 3.40. The first-order valence-electron chi connectivity index (χ1n) is 12.0. The first-order valence-corrected chi connectivity index (χ1v) is 13.4. The van der Waals surface area contributed by atoms with Crippen LogP contribution in [0.15, 0.2) is 58.2 Å². The zero-order chi connectivity index (χ0) is 25.7. The van der Waals surface area contributed by atoms with Crippen molar-refractivity contribution in [1.82, 2.24) is 0 Å². The predicted octanol–water partition coefficient (Wildman–Crippen LogP) is 3.45. The van der Waals surface area contributed by atoms with Crippen molar-refractivity contribution in [3.8, 4) is 0 Å². The van der Waals surface area contributed by atoms with Crippen LogP contribution in [0.4, 0.5) is 0 Å². The fraction of sp³-hybridized carbons (Fsp3) is 0.500. The summed E-state index contributed by atoms with van der Waals surface area (Å²) in [4.78, 5) is 39.8. The number of ketones is 1. The van der Waals surface area contributed by atoms with Crippen LogP contribution in [0.2, 0.25) is 0 Å².